The Labute approximate surface area is 165 Å². The Morgan fingerprint density at radius 1 is 1.33 bits per heavy atom. The Hall–Kier alpha value is -0.700. The van der Waals surface area contributed by atoms with E-state index in [1.165, 1.54) is 18.2 Å². The molecular formula is C14H12Br2Cl2FN3O2. The summed E-state index contributed by atoms with van der Waals surface area (Å²) in [6.45, 7) is 1.76. The number of urea groups is 1. The molecule has 1 saturated heterocycles. The number of anilines is 1. The largest absolute Gasteiger partial charge is 0.337 e. The lowest BCUT2D eigenvalue weighted by atomic mass is 10.3. The summed E-state index contributed by atoms with van der Waals surface area (Å²) in [5.41, 5.74) is -1.09. The number of carbonyl (C=O) groups excluding carboxylic acids is 2. The van der Waals surface area contributed by atoms with Crippen molar-refractivity contribution in [1.29, 1.82) is 0 Å². The second kappa shape index (κ2) is 7.68. The number of rotatable bonds is 5. The van der Waals surface area contributed by atoms with Gasteiger partial charge in [0.2, 0.25) is 5.84 Å². The van der Waals surface area contributed by atoms with Gasteiger partial charge in [-0.2, -0.15) is 0 Å². The van der Waals surface area contributed by atoms with Crippen LogP contribution < -0.4 is 4.90 Å². The van der Waals surface area contributed by atoms with Gasteiger partial charge < -0.3 is 0 Å². The fourth-order valence-corrected chi connectivity index (χ4v) is 2.62. The highest BCUT2D eigenvalue weighted by molar-refractivity contribution is 9.25. The number of aliphatic imine (C=N–C) groups is 1. The summed E-state index contributed by atoms with van der Waals surface area (Å²) < 4.78 is 13.1. The maximum atomic E-state index is 14.1. The lowest BCUT2D eigenvalue weighted by molar-refractivity contribution is -0.120. The summed E-state index contributed by atoms with van der Waals surface area (Å²) in [6, 6.07) is 4.93. The van der Waals surface area contributed by atoms with Crippen molar-refractivity contribution in [3.8, 4) is 0 Å². The zero-order valence-electron chi connectivity index (χ0n) is 12.3. The number of carbonyl (C=O) groups is 2. The zero-order valence-corrected chi connectivity index (χ0v) is 17.0. The summed E-state index contributed by atoms with van der Waals surface area (Å²) in [5, 5.41) is 0. The highest BCUT2D eigenvalue weighted by Crippen LogP contribution is 2.37. The summed E-state index contributed by atoms with van der Waals surface area (Å²) >= 11 is 18.5. The maximum Gasteiger partial charge on any atom is 0.337 e. The third-order valence-electron chi connectivity index (χ3n) is 3.24. The minimum atomic E-state index is -1.02. The number of amides is 3. The van der Waals surface area contributed by atoms with E-state index >= 15 is 0 Å². The Bertz CT molecular complexity index is 702. The van der Waals surface area contributed by atoms with E-state index < -0.39 is 26.5 Å². The normalized spacial score (nSPS) is 18.7. The number of hydrogen-bond acceptors (Lipinski definition) is 3. The molecule has 0 N–H and O–H groups in total. The van der Waals surface area contributed by atoms with E-state index in [0.29, 0.717) is 0 Å². The zero-order chi connectivity index (χ0) is 18.1. The van der Waals surface area contributed by atoms with E-state index in [-0.39, 0.29) is 23.9 Å². The topological polar surface area (TPSA) is 53.0 Å². The van der Waals surface area contributed by atoms with Crippen LogP contribution in [0.5, 0.6) is 0 Å². The third-order valence-corrected chi connectivity index (χ3v) is 6.73. The number of para-hydroxylation sites is 1. The molecule has 1 aliphatic heterocycles. The van der Waals surface area contributed by atoms with Crippen LogP contribution in [0.1, 0.15) is 6.92 Å². The van der Waals surface area contributed by atoms with Gasteiger partial charge in [0.1, 0.15) is 9.05 Å². The predicted molar refractivity (Wildman–Crippen MR) is 100 cm³/mol. The monoisotopic (exact) mass is 501 g/mol. The molecule has 0 saturated carbocycles. The van der Waals surface area contributed by atoms with Gasteiger partial charge in [0.25, 0.3) is 5.91 Å². The quantitative estimate of drug-likeness (QED) is 0.342. The molecule has 0 aromatic heterocycles. The average molecular weight is 504 g/mol. The first-order valence-corrected chi connectivity index (χ1v) is 9.36. The second-order valence-corrected chi connectivity index (χ2v) is 9.38. The van der Waals surface area contributed by atoms with Crippen LogP contribution in [0.3, 0.4) is 0 Å². The molecule has 0 aliphatic carbocycles. The first kappa shape index (κ1) is 19.6. The van der Waals surface area contributed by atoms with Crippen LogP contribution in [-0.4, -0.2) is 43.8 Å². The first-order chi connectivity index (χ1) is 11.2. The standard InChI is InChI=1S/C14H12Br2Cl2FN3O2/c1-2-21-11(23)10(20-12(18)14(15,16)7-17)22(13(21)24)9-6-4-3-5-8(9)19/h3-6,12H,2,7H2,1H3. The van der Waals surface area contributed by atoms with E-state index in [1.807, 2.05) is 0 Å². The fourth-order valence-electron chi connectivity index (χ4n) is 2.02. The molecule has 1 aromatic carbocycles. The molecule has 5 nitrogen and oxygen atoms in total. The van der Waals surface area contributed by atoms with E-state index in [2.05, 4.69) is 36.9 Å². The number of amidine groups is 1. The molecule has 130 valence electrons. The number of nitrogens with zero attached hydrogens (tertiary/aromatic N) is 3. The van der Waals surface area contributed by atoms with Gasteiger partial charge >= 0.3 is 6.03 Å². The van der Waals surface area contributed by atoms with Gasteiger partial charge in [0.15, 0.2) is 5.50 Å². The van der Waals surface area contributed by atoms with Gasteiger partial charge in [0, 0.05) is 6.54 Å². The molecule has 1 atom stereocenters. The molecule has 0 bridgehead atoms. The molecule has 3 amide bonds. The van der Waals surface area contributed by atoms with Crippen LogP contribution in [0.2, 0.25) is 0 Å². The van der Waals surface area contributed by atoms with Gasteiger partial charge in [-0.3, -0.25) is 9.69 Å². The van der Waals surface area contributed by atoms with Crippen molar-refractivity contribution in [3.63, 3.8) is 0 Å². The van der Waals surface area contributed by atoms with Crippen molar-refractivity contribution in [1.82, 2.24) is 4.90 Å². The van der Waals surface area contributed by atoms with Gasteiger partial charge in [0.05, 0.1) is 11.6 Å². The number of hydrogen-bond donors (Lipinski definition) is 0. The fraction of sp³-hybridized carbons (Fsp3) is 0.357. The van der Waals surface area contributed by atoms with Crippen LogP contribution in [0.25, 0.3) is 0 Å². The molecule has 0 radical (unpaired) electrons. The van der Waals surface area contributed by atoms with Gasteiger partial charge in [-0.15, -0.1) is 11.6 Å². The highest BCUT2D eigenvalue weighted by atomic mass is 79.9. The van der Waals surface area contributed by atoms with Crippen molar-refractivity contribution in [2.24, 2.45) is 4.99 Å². The van der Waals surface area contributed by atoms with Crippen LogP contribution >= 0.6 is 55.1 Å². The van der Waals surface area contributed by atoms with Crippen LogP contribution in [0, 0.1) is 5.82 Å². The average Bonchev–Trinajstić information content (AvgIpc) is 2.78. The summed E-state index contributed by atoms with van der Waals surface area (Å²) in [7, 11) is 0. The summed E-state index contributed by atoms with van der Waals surface area (Å²) in [5.74, 6) is -1.53. The maximum absolute atomic E-state index is 14.1. The molecule has 24 heavy (non-hydrogen) atoms. The Morgan fingerprint density at radius 2 is 1.96 bits per heavy atom. The first-order valence-electron chi connectivity index (χ1n) is 6.80. The molecular weight excluding hydrogens is 492 g/mol. The molecule has 1 aliphatic rings. The molecule has 1 unspecified atom stereocenters. The number of likely N-dealkylation sites (N-methyl/N-ethyl adjacent to an activating group) is 1. The number of halogens is 5. The number of benzene rings is 1. The van der Waals surface area contributed by atoms with Crippen molar-refractivity contribution >= 4 is 78.5 Å². The molecule has 10 heteroatoms. The lowest BCUT2D eigenvalue weighted by Gasteiger charge is -2.22. The predicted octanol–water partition coefficient (Wildman–Crippen LogP) is 4.30. The van der Waals surface area contributed by atoms with E-state index in [9.17, 15) is 14.0 Å². The number of imide groups is 1. The van der Waals surface area contributed by atoms with Crippen molar-refractivity contribution < 1.29 is 14.0 Å². The smallest absolute Gasteiger partial charge is 0.265 e. The Balaban J connectivity index is 2.55. The van der Waals surface area contributed by atoms with E-state index in [4.69, 9.17) is 23.2 Å². The van der Waals surface area contributed by atoms with Crippen molar-refractivity contribution in [2.45, 2.75) is 15.7 Å². The van der Waals surface area contributed by atoms with Crippen LogP contribution in [-0.2, 0) is 4.79 Å². The summed E-state index contributed by atoms with van der Waals surface area (Å²) in [4.78, 5) is 31.0. The molecule has 1 fully saturated rings. The van der Waals surface area contributed by atoms with Gasteiger partial charge in [-0.05, 0) is 19.1 Å². The number of alkyl halides is 4. The second-order valence-electron chi connectivity index (χ2n) is 4.80. The van der Waals surface area contributed by atoms with Gasteiger partial charge in [-0.25, -0.2) is 19.1 Å². The lowest BCUT2D eigenvalue weighted by Crippen LogP contribution is -2.35. The van der Waals surface area contributed by atoms with E-state index in [1.54, 1.807) is 13.0 Å². The Kier molecular flexibility index (Phi) is 6.28. The molecule has 2 rings (SSSR count). The van der Waals surface area contributed by atoms with Crippen molar-refractivity contribution in [3.05, 3.63) is 30.1 Å². The Morgan fingerprint density at radius 3 is 2.50 bits per heavy atom. The van der Waals surface area contributed by atoms with E-state index in [0.717, 1.165) is 9.80 Å². The SMILES string of the molecule is CCN1C(=O)C(=NC(Cl)C(Br)(Br)CCl)N(c2ccccc2F)C1=O. The highest BCUT2D eigenvalue weighted by Gasteiger charge is 2.45. The van der Waals surface area contributed by atoms with Crippen LogP contribution in [0.15, 0.2) is 29.3 Å². The molecule has 0 spiro atoms. The van der Waals surface area contributed by atoms with Crippen LogP contribution in [0.4, 0.5) is 14.9 Å². The molecule has 1 heterocycles. The minimum Gasteiger partial charge on any atom is -0.265 e. The molecule has 1 aromatic rings. The third kappa shape index (κ3) is 3.61. The van der Waals surface area contributed by atoms with Crippen molar-refractivity contribution in [2.75, 3.05) is 17.3 Å². The van der Waals surface area contributed by atoms with Gasteiger partial charge in [-0.1, -0.05) is 55.6 Å². The summed E-state index contributed by atoms with van der Waals surface area (Å²) in [6.07, 6.45) is 0. The minimum absolute atomic E-state index is 0.0390.